The lowest BCUT2D eigenvalue weighted by atomic mass is 10.1. The van der Waals surface area contributed by atoms with E-state index in [2.05, 4.69) is 15.6 Å². The normalized spacial score (nSPS) is 10.8. The molecule has 150 valence electrons. The van der Waals surface area contributed by atoms with Gasteiger partial charge >= 0.3 is 0 Å². The van der Waals surface area contributed by atoms with Crippen molar-refractivity contribution in [1.82, 2.24) is 10.3 Å². The molecule has 3 aromatic rings. The first-order chi connectivity index (χ1) is 13.9. The second-order valence-electron chi connectivity index (χ2n) is 7.13. The molecule has 2 aromatic carbocycles. The number of amides is 2. The molecular weight excluding hydrogens is 386 g/mol. The summed E-state index contributed by atoms with van der Waals surface area (Å²) >= 11 is 6.19. The maximum Gasteiger partial charge on any atom is 0.251 e. The van der Waals surface area contributed by atoms with Gasteiger partial charge in [0, 0.05) is 29.4 Å². The standard InChI is InChI=1S/C23H24ClN3O2/c1-15(2)25-23(29)17-8-11-19(24)21(14-17)27-22(28)13-10-18-9-12-20(26-18)16-6-4-3-5-7-16/h3-9,11-12,14-15,26H,10,13H2,1-2H3,(H,25,29)(H,27,28). The van der Waals surface area contributed by atoms with Gasteiger partial charge < -0.3 is 15.6 Å². The fourth-order valence-electron chi connectivity index (χ4n) is 2.94. The molecule has 3 N–H and O–H groups in total. The number of rotatable bonds is 7. The van der Waals surface area contributed by atoms with E-state index in [0.29, 0.717) is 29.1 Å². The van der Waals surface area contributed by atoms with E-state index >= 15 is 0 Å². The van der Waals surface area contributed by atoms with Crippen molar-refractivity contribution in [3.8, 4) is 11.3 Å². The fraction of sp³-hybridized carbons (Fsp3) is 0.217. The molecule has 1 aromatic heterocycles. The average Bonchev–Trinajstić information content (AvgIpc) is 3.17. The molecule has 1 heterocycles. The number of nitrogens with one attached hydrogen (secondary N) is 3. The van der Waals surface area contributed by atoms with Gasteiger partial charge in [-0.05, 0) is 56.2 Å². The zero-order valence-corrected chi connectivity index (χ0v) is 17.2. The lowest BCUT2D eigenvalue weighted by Crippen LogP contribution is -2.30. The Hall–Kier alpha value is -3.05. The highest BCUT2D eigenvalue weighted by atomic mass is 35.5. The van der Waals surface area contributed by atoms with Gasteiger partial charge in [0.2, 0.25) is 5.91 Å². The summed E-state index contributed by atoms with van der Waals surface area (Å²) in [6.07, 6.45) is 0.872. The van der Waals surface area contributed by atoms with Crippen LogP contribution in [0.5, 0.6) is 0 Å². The van der Waals surface area contributed by atoms with E-state index in [1.807, 2.05) is 56.3 Å². The van der Waals surface area contributed by atoms with Crippen LogP contribution in [0.3, 0.4) is 0 Å². The summed E-state index contributed by atoms with van der Waals surface area (Å²) in [4.78, 5) is 27.9. The fourth-order valence-corrected chi connectivity index (χ4v) is 3.11. The van der Waals surface area contributed by atoms with Crippen LogP contribution in [0.1, 0.15) is 36.3 Å². The van der Waals surface area contributed by atoms with Crippen molar-refractivity contribution in [1.29, 1.82) is 0 Å². The third-order valence-corrected chi connectivity index (χ3v) is 4.70. The van der Waals surface area contributed by atoms with Gasteiger partial charge in [-0.2, -0.15) is 0 Å². The van der Waals surface area contributed by atoms with Crippen LogP contribution in [0.15, 0.2) is 60.7 Å². The van der Waals surface area contributed by atoms with Gasteiger partial charge in [0.1, 0.15) is 0 Å². The van der Waals surface area contributed by atoms with Crippen LogP contribution in [0.25, 0.3) is 11.3 Å². The van der Waals surface area contributed by atoms with E-state index in [0.717, 1.165) is 17.0 Å². The third-order valence-electron chi connectivity index (χ3n) is 4.38. The number of aromatic amines is 1. The molecule has 0 radical (unpaired) electrons. The number of aryl methyl sites for hydroxylation is 1. The Morgan fingerprint density at radius 1 is 1.03 bits per heavy atom. The number of anilines is 1. The van der Waals surface area contributed by atoms with Crippen LogP contribution in [0.2, 0.25) is 5.02 Å². The van der Waals surface area contributed by atoms with Crippen molar-refractivity contribution in [2.45, 2.75) is 32.7 Å². The highest BCUT2D eigenvalue weighted by Crippen LogP contribution is 2.24. The van der Waals surface area contributed by atoms with Crippen LogP contribution in [0.4, 0.5) is 5.69 Å². The van der Waals surface area contributed by atoms with Crippen molar-refractivity contribution in [2.75, 3.05) is 5.32 Å². The van der Waals surface area contributed by atoms with Crippen molar-refractivity contribution < 1.29 is 9.59 Å². The predicted molar refractivity (Wildman–Crippen MR) is 117 cm³/mol. The molecule has 0 saturated carbocycles. The number of H-pyrrole nitrogens is 1. The number of hydrogen-bond donors (Lipinski definition) is 3. The summed E-state index contributed by atoms with van der Waals surface area (Å²) in [6.45, 7) is 3.78. The zero-order chi connectivity index (χ0) is 20.8. The number of hydrogen-bond acceptors (Lipinski definition) is 2. The van der Waals surface area contributed by atoms with E-state index in [9.17, 15) is 9.59 Å². The number of carbonyl (C=O) groups is 2. The second kappa shape index (κ2) is 9.43. The summed E-state index contributed by atoms with van der Waals surface area (Å²) in [7, 11) is 0. The first kappa shape index (κ1) is 20.7. The van der Waals surface area contributed by atoms with Crippen molar-refractivity contribution in [3.05, 3.63) is 76.9 Å². The molecular formula is C23H24ClN3O2. The summed E-state index contributed by atoms with van der Waals surface area (Å²) in [5, 5.41) is 6.02. The Bertz CT molecular complexity index is 996. The van der Waals surface area contributed by atoms with Crippen molar-refractivity contribution >= 4 is 29.1 Å². The van der Waals surface area contributed by atoms with E-state index in [4.69, 9.17) is 11.6 Å². The number of aromatic nitrogens is 1. The maximum atomic E-state index is 12.4. The predicted octanol–water partition coefficient (Wildman–Crippen LogP) is 5.04. The monoisotopic (exact) mass is 409 g/mol. The van der Waals surface area contributed by atoms with Gasteiger partial charge in [-0.25, -0.2) is 0 Å². The highest BCUT2D eigenvalue weighted by Gasteiger charge is 2.12. The van der Waals surface area contributed by atoms with E-state index in [1.165, 1.54) is 0 Å². The molecule has 0 aliphatic heterocycles. The Morgan fingerprint density at radius 3 is 2.52 bits per heavy atom. The van der Waals surface area contributed by atoms with Crippen LogP contribution in [-0.4, -0.2) is 22.8 Å². The first-order valence-corrected chi connectivity index (χ1v) is 9.94. The molecule has 0 aliphatic carbocycles. The third kappa shape index (κ3) is 5.72. The largest absolute Gasteiger partial charge is 0.358 e. The Labute approximate surface area is 175 Å². The van der Waals surface area contributed by atoms with E-state index < -0.39 is 0 Å². The molecule has 0 spiro atoms. The molecule has 0 saturated heterocycles. The topological polar surface area (TPSA) is 74.0 Å². The molecule has 6 heteroatoms. The molecule has 2 amide bonds. The molecule has 0 atom stereocenters. The van der Waals surface area contributed by atoms with E-state index in [-0.39, 0.29) is 17.9 Å². The summed E-state index contributed by atoms with van der Waals surface area (Å²) in [5.41, 5.74) is 3.99. The van der Waals surface area contributed by atoms with Gasteiger partial charge in [0.15, 0.2) is 0 Å². The number of benzene rings is 2. The second-order valence-corrected chi connectivity index (χ2v) is 7.54. The summed E-state index contributed by atoms with van der Waals surface area (Å²) in [6, 6.07) is 18.9. The molecule has 29 heavy (non-hydrogen) atoms. The molecule has 5 nitrogen and oxygen atoms in total. The van der Waals surface area contributed by atoms with Gasteiger partial charge in [-0.3, -0.25) is 9.59 Å². The van der Waals surface area contributed by atoms with Crippen LogP contribution in [-0.2, 0) is 11.2 Å². The minimum Gasteiger partial charge on any atom is -0.358 e. The number of halogens is 1. The quantitative estimate of drug-likeness (QED) is 0.511. The highest BCUT2D eigenvalue weighted by molar-refractivity contribution is 6.33. The minimum atomic E-state index is -0.202. The van der Waals surface area contributed by atoms with Gasteiger partial charge in [0.05, 0.1) is 10.7 Å². The summed E-state index contributed by atoms with van der Waals surface area (Å²) in [5.74, 6) is -0.365. The minimum absolute atomic E-state index is 0.0257. The Balaban J connectivity index is 1.60. The molecule has 0 fully saturated rings. The molecule has 0 aliphatic rings. The van der Waals surface area contributed by atoms with E-state index in [1.54, 1.807) is 18.2 Å². The molecule has 0 unspecified atom stereocenters. The Kier molecular flexibility index (Phi) is 6.73. The van der Waals surface area contributed by atoms with Crippen LogP contribution in [0, 0.1) is 0 Å². The maximum absolute atomic E-state index is 12.4. The van der Waals surface area contributed by atoms with Gasteiger partial charge in [-0.1, -0.05) is 41.9 Å². The Morgan fingerprint density at radius 2 is 1.79 bits per heavy atom. The smallest absolute Gasteiger partial charge is 0.251 e. The van der Waals surface area contributed by atoms with Gasteiger partial charge in [0.25, 0.3) is 5.91 Å². The SMILES string of the molecule is CC(C)NC(=O)c1ccc(Cl)c(NC(=O)CCc2ccc(-c3ccccc3)[nH]2)c1. The lowest BCUT2D eigenvalue weighted by Gasteiger charge is -2.11. The number of carbonyl (C=O) groups excluding carboxylic acids is 2. The first-order valence-electron chi connectivity index (χ1n) is 9.56. The summed E-state index contributed by atoms with van der Waals surface area (Å²) < 4.78 is 0. The molecule has 0 bridgehead atoms. The molecule has 3 rings (SSSR count). The van der Waals surface area contributed by atoms with Gasteiger partial charge in [-0.15, -0.1) is 0 Å². The van der Waals surface area contributed by atoms with Crippen molar-refractivity contribution in [2.24, 2.45) is 0 Å². The lowest BCUT2D eigenvalue weighted by molar-refractivity contribution is -0.116. The average molecular weight is 410 g/mol. The van der Waals surface area contributed by atoms with Crippen molar-refractivity contribution in [3.63, 3.8) is 0 Å². The zero-order valence-electron chi connectivity index (χ0n) is 16.5. The van der Waals surface area contributed by atoms with Crippen LogP contribution < -0.4 is 10.6 Å². The van der Waals surface area contributed by atoms with Crippen LogP contribution >= 0.6 is 11.6 Å².